The molecule has 0 saturated heterocycles. The number of rotatable bonds is 1. The Morgan fingerprint density at radius 3 is 2.93 bits per heavy atom. The Bertz CT molecular complexity index is 347. The molecule has 1 aliphatic rings. The van der Waals surface area contributed by atoms with E-state index in [4.69, 9.17) is 14.6 Å². The molecule has 3 heteroatoms. The minimum atomic E-state index is -0.233. The molecule has 0 saturated carbocycles. The van der Waals surface area contributed by atoms with E-state index >= 15 is 0 Å². The molecule has 0 bridgehead atoms. The fraction of sp³-hybridized carbons (Fsp3) is 0.455. The number of hydrogen-bond acceptors (Lipinski definition) is 3. The SMILES string of the molecule is Cc1cc(C)c2c(c1)OC(CO)CO2. The maximum Gasteiger partial charge on any atom is 0.164 e. The van der Waals surface area contributed by atoms with Crippen LogP contribution in [0.4, 0.5) is 0 Å². The van der Waals surface area contributed by atoms with Gasteiger partial charge in [0.25, 0.3) is 0 Å². The highest BCUT2D eigenvalue weighted by Gasteiger charge is 2.21. The quantitative estimate of drug-likeness (QED) is 0.735. The molecule has 2 rings (SSSR count). The third-order valence-electron chi connectivity index (χ3n) is 2.30. The van der Waals surface area contributed by atoms with Crippen LogP contribution in [0.25, 0.3) is 0 Å². The number of aliphatic hydroxyl groups is 1. The standard InChI is InChI=1S/C11H14O3/c1-7-3-8(2)11-10(4-7)14-9(5-12)6-13-11/h3-4,9,12H,5-6H2,1-2H3. The highest BCUT2D eigenvalue weighted by molar-refractivity contribution is 5.49. The average molecular weight is 194 g/mol. The summed E-state index contributed by atoms with van der Waals surface area (Å²) in [6, 6.07) is 3.99. The summed E-state index contributed by atoms with van der Waals surface area (Å²) >= 11 is 0. The zero-order chi connectivity index (χ0) is 10.1. The van der Waals surface area contributed by atoms with Gasteiger partial charge in [-0.15, -0.1) is 0 Å². The largest absolute Gasteiger partial charge is 0.485 e. The van der Waals surface area contributed by atoms with Gasteiger partial charge in [0.1, 0.15) is 6.61 Å². The monoisotopic (exact) mass is 194 g/mol. The summed E-state index contributed by atoms with van der Waals surface area (Å²) in [4.78, 5) is 0. The van der Waals surface area contributed by atoms with E-state index in [2.05, 4.69) is 6.07 Å². The van der Waals surface area contributed by atoms with Gasteiger partial charge in [-0.05, 0) is 31.0 Å². The fourth-order valence-corrected chi connectivity index (χ4v) is 1.67. The summed E-state index contributed by atoms with van der Waals surface area (Å²) in [7, 11) is 0. The second-order valence-corrected chi connectivity index (χ2v) is 3.64. The summed E-state index contributed by atoms with van der Waals surface area (Å²) in [5.41, 5.74) is 2.22. The van der Waals surface area contributed by atoms with Crippen LogP contribution in [0.15, 0.2) is 12.1 Å². The summed E-state index contributed by atoms with van der Waals surface area (Å²) in [6.07, 6.45) is -0.233. The maximum absolute atomic E-state index is 8.95. The van der Waals surface area contributed by atoms with Crippen molar-refractivity contribution >= 4 is 0 Å². The second-order valence-electron chi connectivity index (χ2n) is 3.64. The predicted octanol–water partition coefficient (Wildman–Crippen LogP) is 1.44. The van der Waals surface area contributed by atoms with Gasteiger partial charge in [-0.2, -0.15) is 0 Å². The number of ether oxygens (including phenoxy) is 2. The molecule has 1 unspecified atom stereocenters. The topological polar surface area (TPSA) is 38.7 Å². The molecule has 1 atom stereocenters. The zero-order valence-corrected chi connectivity index (χ0v) is 8.41. The van der Waals surface area contributed by atoms with E-state index < -0.39 is 0 Å². The van der Waals surface area contributed by atoms with Gasteiger partial charge in [0.2, 0.25) is 0 Å². The number of aliphatic hydroxyl groups excluding tert-OH is 1. The lowest BCUT2D eigenvalue weighted by Gasteiger charge is -2.26. The molecule has 14 heavy (non-hydrogen) atoms. The molecule has 1 aliphatic heterocycles. The van der Waals surface area contributed by atoms with Crippen LogP contribution in [0, 0.1) is 13.8 Å². The lowest BCUT2D eigenvalue weighted by molar-refractivity contribution is 0.0451. The van der Waals surface area contributed by atoms with Gasteiger partial charge in [0, 0.05) is 0 Å². The first-order chi connectivity index (χ1) is 6.70. The Morgan fingerprint density at radius 1 is 1.43 bits per heavy atom. The van der Waals surface area contributed by atoms with E-state index in [0.29, 0.717) is 6.61 Å². The van der Waals surface area contributed by atoms with E-state index in [0.717, 1.165) is 22.6 Å². The molecule has 0 fully saturated rings. The van der Waals surface area contributed by atoms with Gasteiger partial charge in [-0.25, -0.2) is 0 Å². The van der Waals surface area contributed by atoms with E-state index in [1.807, 2.05) is 19.9 Å². The minimum Gasteiger partial charge on any atom is -0.485 e. The van der Waals surface area contributed by atoms with Crippen LogP contribution in [0.2, 0.25) is 0 Å². The first kappa shape index (κ1) is 9.34. The Balaban J connectivity index is 2.37. The van der Waals surface area contributed by atoms with Gasteiger partial charge in [-0.3, -0.25) is 0 Å². The van der Waals surface area contributed by atoms with Crippen molar-refractivity contribution in [3.63, 3.8) is 0 Å². The molecule has 1 heterocycles. The number of fused-ring (bicyclic) bond motifs is 1. The molecule has 3 nitrogen and oxygen atoms in total. The lowest BCUT2D eigenvalue weighted by atomic mass is 10.1. The van der Waals surface area contributed by atoms with E-state index in [9.17, 15) is 0 Å². The molecule has 0 aromatic heterocycles. The summed E-state index contributed by atoms with van der Waals surface area (Å²) in [5, 5.41) is 8.95. The van der Waals surface area contributed by atoms with Crippen LogP contribution >= 0.6 is 0 Å². The summed E-state index contributed by atoms with van der Waals surface area (Å²) in [6.45, 7) is 4.42. The Kier molecular flexibility index (Phi) is 2.33. The third-order valence-corrected chi connectivity index (χ3v) is 2.30. The van der Waals surface area contributed by atoms with Crippen molar-refractivity contribution in [3.05, 3.63) is 23.3 Å². The van der Waals surface area contributed by atoms with E-state index in [-0.39, 0.29) is 12.7 Å². The average Bonchev–Trinajstić information content (AvgIpc) is 2.16. The van der Waals surface area contributed by atoms with Gasteiger partial charge in [0.15, 0.2) is 17.6 Å². The van der Waals surface area contributed by atoms with Crippen molar-refractivity contribution < 1.29 is 14.6 Å². The first-order valence-electron chi connectivity index (χ1n) is 4.72. The van der Waals surface area contributed by atoms with Crippen LogP contribution in [0.5, 0.6) is 11.5 Å². The number of aryl methyl sites for hydroxylation is 2. The van der Waals surface area contributed by atoms with Gasteiger partial charge in [-0.1, -0.05) is 6.07 Å². The zero-order valence-electron chi connectivity index (χ0n) is 8.41. The summed E-state index contributed by atoms with van der Waals surface area (Å²) in [5.74, 6) is 1.55. The fourth-order valence-electron chi connectivity index (χ4n) is 1.67. The first-order valence-corrected chi connectivity index (χ1v) is 4.72. The molecule has 1 aromatic carbocycles. The van der Waals surface area contributed by atoms with Crippen molar-refractivity contribution in [2.75, 3.05) is 13.2 Å². The smallest absolute Gasteiger partial charge is 0.164 e. The van der Waals surface area contributed by atoms with Crippen LogP contribution in [-0.2, 0) is 0 Å². The van der Waals surface area contributed by atoms with Crippen LogP contribution < -0.4 is 9.47 Å². The van der Waals surface area contributed by atoms with Gasteiger partial charge in [0.05, 0.1) is 6.61 Å². The van der Waals surface area contributed by atoms with E-state index in [1.54, 1.807) is 0 Å². The van der Waals surface area contributed by atoms with E-state index in [1.165, 1.54) is 0 Å². The number of benzene rings is 1. The minimum absolute atomic E-state index is 0.00751. The highest BCUT2D eigenvalue weighted by Crippen LogP contribution is 2.35. The second kappa shape index (κ2) is 3.50. The van der Waals surface area contributed by atoms with Crippen molar-refractivity contribution in [3.8, 4) is 11.5 Å². The lowest BCUT2D eigenvalue weighted by Crippen LogP contribution is -2.32. The molecule has 1 aromatic rings. The Hall–Kier alpha value is -1.22. The van der Waals surface area contributed by atoms with Crippen molar-refractivity contribution in [2.45, 2.75) is 20.0 Å². The molecule has 0 spiro atoms. The molecule has 0 radical (unpaired) electrons. The maximum atomic E-state index is 8.95. The molecular formula is C11H14O3. The van der Waals surface area contributed by atoms with Crippen molar-refractivity contribution in [2.24, 2.45) is 0 Å². The normalized spacial score (nSPS) is 19.5. The van der Waals surface area contributed by atoms with Crippen LogP contribution in [-0.4, -0.2) is 24.4 Å². The van der Waals surface area contributed by atoms with Gasteiger partial charge >= 0.3 is 0 Å². The summed E-state index contributed by atoms with van der Waals surface area (Å²) < 4.78 is 11.1. The molecule has 0 amide bonds. The van der Waals surface area contributed by atoms with Gasteiger partial charge < -0.3 is 14.6 Å². The predicted molar refractivity (Wildman–Crippen MR) is 52.9 cm³/mol. The van der Waals surface area contributed by atoms with Crippen molar-refractivity contribution in [1.82, 2.24) is 0 Å². The number of hydrogen-bond donors (Lipinski definition) is 1. The van der Waals surface area contributed by atoms with Crippen LogP contribution in [0.1, 0.15) is 11.1 Å². The molecule has 1 N–H and O–H groups in total. The Labute approximate surface area is 83.3 Å². The van der Waals surface area contributed by atoms with Crippen molar-refractivity contribution in [1.29, 1.82) is 0 Å². The highest BCUT2D eigenvalue weighted by atomic mass is 16.6. The third kappa shape index (κ3) is 1.55. The van der Waals surface area contributed by atoms with Crippen LogP contribution in [0.3, 0.4) is 0 Å². The molecule has 0 aliphatic carbocycles. The molecular weight excluding hydrogens is 180 g/mol. The Morgan fingerprint density at radius 2 is 2.21 bits per heavy atom. The molecule has 76 valence electrons.